The Morgan fingerprint density at radius 2 is 0.882 bits per heavy atom. The van der Waals surface area contributed by atoms with Crippen LogP contribution in [0.4, 0.5) is 0 Å². The normalized spacial score (nSPS) is 9.88. The van der Waals surface area contributed by atoms with E-state index in [0.717, 1.165) is 26.2 Å². The second-order valence-corrected chi connectivity index (χ2v) is 3.46. The van der Waals surface area contributed by atoms with Gasteiger partial charge in [-0.2, -0.15) is 0 Å². The standard InChI is InChI=1S/2C6H14NO.Cu/c2*1-3-7(4-2)5-6-8;/h2*3-6H2,1-2H3;/q2*-1;+2. The van der Waals surface area contributed by atoms with Gasteiger partial charge >= 0.3 is 17.1 Å². The molecule has 0 saturated carbocycles. The molecule has 17 heavy (non-hydrogen) atoms. The third-order valence-electron chi connectivity index (χ3n) is 2.60. The second kappa shape index (κ2) is 18.7. The molecule has 1 radical (unpaired) electrons. The molecule has 0 fully saturated rings. The maximum atomic E-state index is 10.0. The molecule has 0 N–H and O–H groups in total. The molecule has 0 bridgehead atoms. The van der Waals surface area contributed by atoms with E-state index in [1.165, 1.54) is 0 Å². The third-order valence-corrected chi connectivity index (χ3v) is 2.60. The Labute approximate surface area is 117 Å². The van der Waals surface area contributed by atoms with Crippen LogP contribution in [-0.2, 0) is 17.1 Å². The summed E-state index contributed by atoms with van der Waals surface area (Å²) < 4.78 is 0. The van der Waals surface area contributed by atoms with Crippen molar-refractivity contribution < 1.29 is 27.3 Å². The van der Waals surface area contributed by atoms with Gasteiger partial charge in [0, 0.05) is 0 Å². The molecule has 0 atom stereocenters. The van der Waals surface area contributed by atoms with Crippen molar-refractivity contribution in [3.8, 4) is 0 Å². The predicted octanol–water partition coefficient (Wildman–Crippen LogP) is -0.625. The second-order valence-electron chi connectivity index (χ2n) is 3.46. The summed E-state index contributed by atoms with van der Waals surface area (Å²) in [5.74, 6) is 0. The van der Waals surface area contributed by atoms with Crippen LogP contribution in [0.1, 0.15) is 27.7 Å². The van der Waals surface area contributed by atoms with Crippen LogP contribution >= 0.6 is 0 Å². The molecule has 0 aromatic rings. The van der Waals surface area contributed by atoms with E-state index in [-0.39, 0.29) is 30.3 Å². The molecule has 0 aliphatic carbocycles. The first-order valence-electron chi connectivity index (χ1n) is 6.30. The van der Waals surface area contributed by atoms with Gasteiger partial charge in [0.05, 0.1) is 0 Å². The summed E-state index contributed by atoms with van der Waals surface area (Å²) in [6.45, 7) is 13.7. The van der Waals surface area contributed by atoms with Crippen molar-refractivity contribution in [2.24, 2.45) is 0 Å². The van der Waals surface area contributed by atoms with Crippen molar-refractivity contribution in [1.29, 1.82) is 0 Å². The Bertz CT molecular complexity index is 107. The van der Waals surface area contributed by atoms with Gasteiger partial charge in [0.1, 0.15) is 0 Å². The zero-order chi connectivity index (χ0) is 12.8. The van der Waals surface area contributed by atoms with Gasteiger partial charge < -0.3 is 20.0 Å². The van der Waals surface area contributed by atoms with Crippen molar-refractivity contribution >= 4 is 0 Å². The maximum Gasteiger partial charge on any atom is 2.00 e. The average molecular weight is 296 g/mol. The molecule has 109 valence electrons. The van der Waals surface area contributed by atoms with Crippen LogP contribution < -0.4 is 10.2 Å². The number of nitrogens with zero attached hydrogens (tertiary/aromatic N) is 2. The molecule has 0 amide bonds. The van der Waals surface area contributed by atoms with Crippen molar-refractivity contribution in [2.75, 3.05) is 52.5 Å². The van der Waals surface area contributed by atoms with Crippen molar-refractivity contribution in [3.05, 3.63) is 0 Å². The summed E-state index contributed by atoms with van der Waals surface area (Å²) in [6, 6.07) is 0. The molecular formula is C12H28CuN2O2. The minimum Gasteiger partial charge on any atom is -0.854 e. The van der Waals surface area contributed by atoms with Crippen molar-refractivity contribution in [2.45, 2.75) is 27.7 Å². The minimum absolute atomic E-state index is 0. The van der Waals surface area contributed by atoms with E-state index in [2.05, 4.69) is 37.5 Å². The van der Waals surface area contributed by atoms with E-state index >= 15 is 0 Å². The van der Waals surface area contributed by atoms with Crippen LogP contribution in [0.2, 0.25) is 0 Å². The van der Waals surface area contributed by atoms with Gasteiger partial charge in [-0.05, 0) is 39.3 Å². The quantitative estimate of drug-likeness (QED) is 0.560. The van der Waals surface area contributed by atoms with Crippen LogP contribution in [0.3, 0.4) is 0 Å². The Balaban J connectivity index is -0.000000218. The van der Waals surface area contributed by atoms with E-state index in [1.54, 1.807) is 0 Å². The first-order valence-corrected chi connectivity index (χ1v) is 6.30. The zero-order valence-electron chi connectivity index (χ0n) is 11.7. The molecule has 0 aromatic heterocycles. The Morgan fingerprint density at radius 3 is 0.941 bits per heavy atom. The third kappa shape index (κ3) is 16.4. The molecule has 0 aliphatic heterocycles. The van der Waals surface area contributed by atoms with Gasteiger partial charge in [0.2, 0.25) is 0 Å². The Hall–Kier alpha value is 0.359. The topological polar surface area (TPSA) is 52.6 Å². The monoisotopic (exact) mass is 295 g/mol. The molecule has 0 aliphatic rings. The van der Waals surface area contributed by atoms with Gasteiger partial charge in [-0.25, -0.2) is 0 Å². The zero-order valence-corrected chi connectivity index (χ0v) is 12.6. The van der Waals surface area contributed by atoms with E-state index in [4.69, 9.17) is 0 Å². The minimum atomic E-state index is 0. The molecule has 0 spiro atoms. The fourth-order valence-corrected chi connectivity index (χ4v) is 1.34. The van der Waals surface area contributed by atoms with Gasteiger partial charge in [-0.15, -0.1) is 13.2 Å². The predicted molar refractivity (Wildman–Crippen MR) is 65.3 cm³/mol. The molecule has 4 nitrogen and oxygen atoms in total. The van der Waals surface area contributed by atoms with Crippen LogP contribution in [-0.4, -0.2) is 62.3 Å². The summed E-state index contributed by atoms with van der Waals surface area (Å²) in [7, 11) is 0. The van der Waals surface area contributed by atoms with Crippen LogP contribution in [0.5, 0.6) is 0 Å². The van der Waals surface area contributed by atoms with E-state index < -0.39 is 0 Å². The van der Waals surface area contributed by atoms with Crippen LogP contribution in [0.25, 0.3) is 0 Å². The smallest absolute Gasteiger partial charge is 0.854 e. The first kappa shape index (κ1) is 22.5. The number of rotatable bonds is 8. The Kier molecular flexibility index (Phi) is 24.8. The number of likely N-dealkylation sites (N-methyl/N-ethyl adjacent to an activating group) is 2. The first-order chi connectivity index (χ1) is 7.69. The van der Waals surface area contributed by atoms with E-state index in [1.807, 2.05) is 0 Å². The molecule has 0 heterocycles. The maximum absolute atomic E-state index is 10.0. The molecular weight excluding hydrogens is 268 g/mol. The Morgan fingerprint density at radius 1 is 0.647 bits per heavy atom. The number of hydrogen-bond donors (Lipinski definition) is 0. The van der Waals surface area contributed by atoms with Gasteiger partial charge in [-0.3, -0.25) is 0 Å². The van der Waals surface area contributed by atoms with E-state index in [0.29, 0.717) is 13.1 Å². The number of hydrogen-bond acceptors (Lipinski definition) is 4. The van der Waals surface area contributed by atoms with Crippen molar-refractivity contribution in [3.63, 3.8) is 0 Å². The van der Waals surface area contributed by atoms with E-state index in [9.17, 15) is 10.2 Å². The summed E-state index contributed by atoms with van der Waals surface area (Å²) in [4.78, 5) is 4.24. The fourth-order valence-electron chi connectivity index (χ4n) is 1.34. The summed E-state index contributed by atoms with van der Waals surface area (Å²) in [6.07, 6.45) is 0. The SMILES string of the molecule is CCN(CC)CC[O-].CCN(CC)CC[O-].[Cu+2]. The average Bonchev–Trinajstić information content (AvgIpc) is 2.33. The largest absolute Gasteiger partial charge is 2.00 e. The van der Waals surface area contributed by atoms with Crippen LogP contribution in [0.15, 0.2) is 0 Å². The van der Waals surface area contributed by atoms with Gasteiger partial charge in [-0.1, -0.05) is 27.7 Å². The molecule has 0 aromatic carbocycles. The molecule has 5 heteroatoms. The van der Waals surface area contributed by atoms with Crippen LogP contribution in [0, 0.1) is 0 Å². The van der Waals surface area contributed by atoms with Gasteiger partial charge in [0.15, 0.2) is 0 Å². The summed E-state index contributed by atoms with van der Waals surface area (Å²) >= 11 is 0. The summed E-state index contributed by atoms with van der Waals surface area (Å²) in [5.41, 5.74) is 0. The fraction of sp³-hybridized carbons (Fsp3) is 1.00. The summed E-state index contributed by atoms with van der Waals surface area (Å²) in [5, 5.41) is 20.0. The molecule has 0 unspecified atom stereocenters. The van der Waals surface area contributed by atoms with Crippen molar-refractivity contribution in [1.82, 2.24) is 9.80 Å². The molecule has 0 saturated heterocycles. The van der Waals surface area contributed by atoms with Gasteiger partial charge in [0.25, 0.3) is 0 Å². The molecule has 0 rings (SSSR count).